The summed E-state index contributed by atoms with van der Waals surface area (Å²) in [5.41, 5.74) is 5.28. The maximum atomic E-state index is 13.1. The molecule has 0 spiro atoms. The van der Waals surface area contributed by atoms with Crippen molar-refractivity contribution in [2.45, 2.75) is 100 Å². The number of fused-ring (bicyclic) bond motifs is 1. The Morgan fingerprint density at radius 3 is 2.13 bits per heavy atom. The van der Waals surface area contributed by atoms with E-state index < -0.39 is 18.2 Å². The molecule has 60 heavy (non-hydrogen) atoms. The lowest BCUT2D eigenvalue weighted by atomic mass is 9.91. The zero-order chi connectivity index (χ0) is 41.0. The minimum absolute atomic E-state index is 0.0421. The van der Waals surface area contributed by atoms with Gasteiger partial charge in [0.05, 0.1) is 24.7 Å². The zero-order valence-electron chi connectivity index (χ0n) is 33.9. The standard InChI is InChI=1S/C45H54N12O3/c1-28-25-49-55-38(28)34-24-36(41(59)40(34)58)57-27-48-39-42(47-26-35(29-10-4-2-5-11-29)30-12-6-3-7-13-30)53-44(54-43(39)57)50-31-15-17-32(18-16-31)51-45(60)52-33-19-22-56(23-20-33)37-14-8-9-21-46-37/h2-14,21,25,27,31-36,40-41,58-59H,15-20,22-24,26H2,1H3,(H,49,55)(H2,51,52,60)(H2,47,50,53,54)/t31?,32?,34-,36+,40+,41-/m0/s1. The summed E-state index contributed by atoms with van der Waals surface area (Å²) in [6, 6.07) is 26.5. The minimum atomic E-state index is -1.04. The predicted molar refractivity (Wildman–Crippen MR) is 231 cm³/mol. The van der Waals surface area contributed by atoms with E-state index in [1.165, 1.54) is 11.1 Å². The average Bonchev–Trinajstić information content (AvgIpc) is 3.99. The summed E-state index contributed by atoms with van der Waals surface area (Å²) in [7, 11) is 0. The maximum Gasteiger partial charge on any atom is 0.315 e. The van der Waals surface area contributed by atoms with Gasteiger partial charge in [0.1, 0.15) is 11.9 Å². The molecule has 2 aromatic carbocycles. The van der Waals surface area contributed by atoms with E-state index in [0.717, 1.165) is 68.7 Å². The van der Waals surface area contributed by atoms with Crippen LogP contribution in [-0.4, -0.2) is 101 Å². The van der Waals surface area contributed by atoms with Crippen molar-refractivity contribution in [3.63, 3.8) is 0 Å². The third-order valence-electron chi connectivity index (χ3n) is 12.7. The van der Waals surface area contributed by atoms with Crippen molar-refractivity contribution in [3.05, 3.63) is 120 Å². The van der Waals surface area contributed by atoms with Crippen LogP contribution in [0.1, 0.15) is 85.2 Å². The second-order valence-electron chi connectivity index (χ2n) is 16.6. The number of hydrogen-bond donors (Lipinski definition) is 7. The molecule has 2 aliphatic carbocycles. The van der Waals surface area contributed by atoms with Crippen LogP contribution in [0, 0.1) is 6.92 Å². The molecule has 15 heteroatoms. The molecule has 6 aromatic rings. The van der Waals surface area contributed by atoms with Crippen LogP contribution in [0.5, 0.6) is 0 Å². The first kappa shape index (κ1) is 39.4. The number of carbonyl (C=O) groups is 1. The summed E-state index contributed by atoms with van der Waals surface area (Å²) in [4.78, 5) is 34.7. The third kappa shape index (κ3) is 8.50. The number of aromatic amines is 1. The van der Waals surface area contributed by atoms with Gasteiger partial charge in [0.25, 0.3) is 0 Å². The monoisotopic (exact) mass is 810 g/mol. The van der Waals surface area contributed by atoms with Crippen molar-refractivity contribution >= 4 is 34.8 Å². The first-order chi connectivity index (χ1) is 29.4. The van der Waals surface area contributed by atoms with Gasteiger partial charge in [-0.25, -0.2) is 14.8 Å². The molecule has 2 amide bonds. The Bertz CT molecular complexity index is 2290. The van der Waals surface area contributed by atoms with Crippen molar-refractivity contribution in [2.75, 3.05) is 35.2 Å². The summed E-state index contributed by atoms with van der Waals surface area (Å²) in [5.74, 6) is 1.75. The van der Waals surface area contributed by atoms with E-state index in [-0.39, 0.29) is 36.0 Å². The van der Waals surface area contributed by atoms with E-state index in [0.29, 0.717) is 35.9 Å². The van der Waals surface area contributed by atoms with Gasteiger partial charge < -0.3 is 40.9 Å². The van der Waals surface area contributed by atoms with Crippen LogP contribution in [-0.2, 0) is 0 Å². The molecule has 312 valence electrons. The van der Waals surface area contributed by atoms with Crippen LogP contribution in [0.4, 0.5) is 22.4 Å². The lowest BCUT2D eigenvalue weighted by Crippen LogP contribution is -2.51. The fraction of sp³-hybridized carbons (Fsp3) is 0.422. The smallest absolute Gasteiger partial charge is 0.315 e. The average molecular weight is 811 g/mol. The Morgan fingerprint density at radius 2 is 1.48 bits per heavy atom. The molecule has 3 aliphatic rings. The lowest BCUT2D eigenvalue weighted by Gasteiger charge is -2.34. The number of nitrogens with zero attached hydrogens (tertiary/aromatic N) is 7. The number of H-pyrrole nitrogens is 1. The highest BCUT2D eigenvalue weighted by molar-refractivity contribution is 5.84. The largest absolute Gasteiger partial charge is 0.390 e. The first-order valence-corrected chi connectivity index (χ1v) is 21.3. The van der Waals surface area contributed by atoms with E-state index in [2.05, 4.69) is 89.9 Å². The highest BCUT2D eigenvalue weighted by Crippen LogP contribution is 2.43. The molecule has 9 rings (SSSR count). The van der Waals surface area contributed by atoms with Crippen LogP contribution in [0.2, 0.25) is 0 Å². The van der Waals surface area contributed by atoms with Gasteiger partial charge in [-0.2, -0.15) is 15.1 Å². The van der Waals surface area contributed by atoms with Gasteiger partial charge in [-0.1, -0.05) is 66.7 Å². The normalized spacial score (nSPS) is 23.5. The van der Waals surface area contributed by atoms with Crippen molar-refractivity contribution in [3.8, 4) is 0 Å². The summed E-state index contributed by atoms with van der Waals surface area (Å²) < 4.78 is 1.89. The van der Waals surface area contributed by atoms with Gasteiger partial charge in [0.2, 0.25) is 5.95 Å². The predicted octanol–water partition coefficient (Wildman–Crippen LogP) is 5.64. The van der Waals surface area contributed by atoms with Crippen molar-refractivity contribution < 1.29 is 15.0 Å². The van der Waals surface area contributed by atoms with Crippen LogP contribution in [0.15, 0.2) is 97.6 Å². The molecular formula is C45H54N12O3. The fourth-order valence-corrected chi connectivity index (χ4v) is 9.42. The third-order valence-corrected chi connectivity index (χ3v) is 12.7. The number of piperidine rings is 1. The quantitative estimate of drug-likeness (QED) is 0.0809. The number of benzene rings is 2. The van der Waals surface area contributed by atoms with E-state index in [1.54, 1.807) is 12.5 Å². The second kappa shape index (κ2) is 17.7. The second-order valence-corrected chi connectivity index (χ2v) is 16.6. The van der Waals surface area contributed by atoms with Crippen molar-refractivity contribution in [2.24, 2.45) is 0 Å². The van der Waals surface area contributed by atoms with E-state index >= 15 is 0 Å². The molecular weight excluding hydrogens is 757 g/mol. The van der Waals surface area contributed by atoms with Crippen LogP contribution >= 0.6 is 0 Å². The number of carbonyl (C=O) groups excluding carboxylic acids is 1. The number of nitrogens with one attached hydrogen (secondary N) is 5. The lowest BCUT2D eigenvalue weighted by molar-refractivity contribution is 0.0173. The van der Waals surface area contributed by atoms with E-state index in [1.807, 2.05) is 48.0 Å². The number of rotatable bonds is 12. The Morgan fingerprint density at radius 1 is 0.817 bits per heavy atom. The van der Waals surface area contributed by atoms with Gasteiger partial charge in [0.15, 0.2) is 17.0 Å². The minimum Gasteiger partial charge on any atom is -0.390 e. The molecule has 0 radical (unpaired) electrons. The van der Waals surface area contributed by atoms with Crippen LogP contribution in [0.3, 0.4) is 0 Å². The molecule has 15 nitrogen and oxygen atoms in total. The Balaban J connectivity index is 0.898. The van der Waals surface area contributed by atoms with Crippen LogP contribution in [0.25, 0.3) is 11.2 Å². The number of pyridine rings is 1. The fourth-order valence-electron chi connectivity index (χ4n) is 9.42. The summed E-state index contributed by atoms with van der Waals surface area (Å²) in [6.45, 7) is 4.23. The van der Waals surface area contributed by atoms with Gasteiger partial charge in [-0.05, 0) is 80.7 Å². The van der Waals surface area contributed by atoms with E-state index in [4.69, 9.17) is 15.0 Å². The topological polar surface area (TPSA) is 194 Å². The van der Waals surface area contributed by atoms with Crippen molar-refractivity contribution in [1.82, 2.24) is 45.3 Å². The molecule has 4 atom stereocenters. The van der Waals surface area contributed by atoms with Gasteiger partial charge in [0, 0.05) is 61.5 Å². The number of imidazole rings is 1. The Labute approximate surface area is 349 Å². The number of aromatic nitrogens is 7. The molecule has 1 saturated heterocycles. The molecule has 5 heterocycles. The zero-order valence-corrected chi connectivity index (χ0v) is 33.9. The number of aliphatic hydroxyl groups excluding tert-OH is 2. The molecule has 1 aliphatic heterocycles. The Kier molecular flexibility index (Phi) is 11.6. The molecule has 7 N–H and O–H groups in total. The van der Waals surface area contributed by atoms with E-state index in [9.17, 15) is 15.0 Å². The number of amides is 2. The number of aliphatic hydroxyl groups is 2. The van der Waals surface area contributed by atoms with Gasteiger partial charge in [-0.15, -0.1) is 0 Å². The first-order valence-electron chi connectivity index (χ1n) is 21.3. The highest BCUT2D eigenvalue weighted by atomic mass is 16.3. The number of hydrogen-bond acceptors (Lipinski definition) is 11. The number of aryl methyl sites for hydroxylation is 1. The summed E-state index contributed by atoms with van der Waals surface area (Å²) in [5, 5.41) is 43.7. The SMILES string of the molecule is Cc1cn[nH]c1[C@@H]1C[C@@H](n2cnc3c(NCC(c4ccccc4)c4ccccc4)nc(NC4CCC(NC(=O)NC5CCN(c6ccccn6)CC5)CC4)nc32)[C@H](O)[C@@H]1O. The van der Waals surface area contributed by atoms with Gasteiger partial charge in [-0.3, -0.25) is 5.10 Å². The van der Waals surface area contributed by atoms with Crippen molar-refractivity contribution in [1.29, 1.82) is 0 Å². The molecule has 2 saturated carbocycles. The molecule has 0 unspecified atom stereocenters. The molecule has 4 aromatic heterocycles. The number of urea groups is 1. The summed E-state index contributed by atoms with van der Waals surface area (Å²) in [6.07, 6.45) is 8.78. The van der Waals surface area contributed by atoms with Gasteiger partial charge >= 0.3 is 6.03 Å². The summed E-state index contributed by atoms with van der Waals surface area (Å²) >= 11 is 0. The molecule has 0 bridgehead atoms. The van der Waals surface area contributed by atoms with Crippen LogP contribution < -0.4 is 26.2 Å². The Hall–Kier alpha value is -6.06. The maximum absolute atomic E-state index is 13.1. The highest BCUT2D eigenvalue weighted by Gasteiger charge is 2.45. The number of anilines is 3. The molecule has 3 fully saturated rings.